The fourth-order valence-electron chi connectivity index (χ4n) is 3.33. The number of halogens is 2. The van der Waals surface area contributed by atoms with E-state index in [-0.39, 0.29) is 11.6 Å². The summed E-state index contributed by atoms with van der Waals surface area (Å²) in [6.45, 7) is 0.504. The molecule has 0 aliphatic heterocycles. The van der Waals surface area contributed by atoms with E-state index in [1.54, 1.807) is 56.7 Å². The molecule has 0 saturated heterocycles. The highest BCUT2D eigenvalue weighted by atomic mass is 35.5. The molecule has 1 amide bonds. The van der Waals surface area contributed by atoms with E-state index in [2.05, 4.69) is 15.3 Å². The SMILES string of the molecule is COc1cc2ncnc(Oc3ccc(NC(=O)OCCCOc4ccccc4Cl)c(Cl)c3)c2cc1OC. The summed E-state index contributed by atoms with van der Waals surface area (Å²) in [5.74, 6) is 2.35. The third-order valence-electron chi connectivity index (χ3n) is 5.11. The molecule has 1 N–H and O–H groups in total. The molecule has 0 fully saturated rings. The summed E-state index contributed by atoms with van der Waals surface area (Å²) in [4.78, 5) is 20.6. The van der Waals surface area contributed by atoms with E-state index in [4.69, 9.17) is 46.9 Å². The van der Waals surface area contributed by atoms with Crippen LogP contribution in [0.1, 0.15) is 6.42 Å². The quantitative estimate of drug-likeness (QED) is 0.219. The molecule has 0 radical (unpaired) electrons. The number of rotatable bonds is 10. The maximum absolute atomic E-state index is 12.2. The number of nitrogens with one attached hydrogen (secondary N) is 1. The normalized spacial score (nSPS) is 10.6. The molecule has 11 heteroatoms. The van der Waals surface area contributed by atoms with Crippen LogP contribution < -0.4 is 24.3 Å². The van der Waals surface area contributed by atoms with Gasteiger partial charge in [-0.3, -0.25) is 5.32 Å². The molecule has 192 valence electrons. The van der Waals surface area contributed by atoms with E-state index in [9.17, 15) is 4.79 Å². The van der Waals surface area contributed by atoms with Gasteiger partial charge in [0.15, 0.2) is 11.5 Å². The van der Waals surface area contributed by atoms with Gasteiger partial charge in [0.1, 0.15) is 17.8 Å². The van der Waals surface area contributed by atoms with Crippen molar-refractivity contribution in [3.8, 4) is 28.9 Å². The minimum absolute atomic E-state index is 0.157. The Morgan fingerprint density at radius 3 is 2.43 bits per heavy atom. The van der Waals surface area contributed by atoms with Crippen molar-refractivity contribution in [1.29, 1.82) is 0 Å². The van der Waals surface area contributed by atoms with Gasteiger partial charge >= 0.3 is 6.09 Å². The van der Waals surface area contributed by atoms with Gasteiger partial charge in [0.05, 0.1) is 54.1 Å². The van der Waals surface area contributed by atoms with E-state index in [1.165, 1.54) is 6.33 Å². The molecule has 0 aliphatic rings. The lowest BCUT2D eigenvalue weighted by Crippen LogP contribution is -2.15. The zero-order valence-corrected chi connectivity index (χ0v) is 21.5. The molecule has 4 rings (SSSR count). The second-order valence-electron chi connectivity index (χ2n) is 7.54. The third-order valence-corrected chi connectivity index (χ3v) is 5.74. The molecule has 1 aromatic heterocycles. The summed E-state index contributed by atoms with van der Waals surface area (Å²) >= 11 is 12.4. The first-order valence-corrected chi connectivity index (χ1v) is 11.9. The second kappa shape index (κ2) is 12.3. The number of fused-ring (bicyclic) bond motifs is 1. The molecule has 0 bridgehead atoms. The molecule has 3 aromatic carbocycles. The Labute approximate surface area is 223 Å². The molecular weight excluding hydrogens is 521 g/mol. The van der Waals surface area contributed by atoms with Crippen LogP contribution in [0.15, 0.2) is 60.9 Å². The number of benzene rings is 3. The van der Waals surface area contributed by atoms with Crippen LogP contribution in [0.3, 0.4) is 0 Å². The number of para-hydroxylation sites is 1. The largest absolute Gasteiger partial charge is 0.493 e. The fraction of sp³-hybridized carbons (Fsp3) is 0.192. The van der Waals surface area contributed by atoms with Gasteiger partial charge in [-0.2, -0.15) is 0 Å². The first-order chi connectivity index (χ1) is 18.0. The first-order valence-electron chi connectivity index (χ1n) is 11.1. The lowest BCUT2D eigenvalue weighted by Gasteiger charge is -2.13. The Balaban J connectivity index is 1.33. The van der Waals surface area contributed by atoms with Crippen molar-refractivity contribution in [2.45, 2.75) is 6.42 Å². The van der Waals surface area contributed by atoms with Crippen molar-refractivity contribution in [3.63, 3.8) is 0 Å². The summed E-state index contributed by atoms with van der Waals surface area (Å²) in [5.41, 5.74) is 0.984. The molecule has 0 spiro atoms. The highest BCUT2D eigenvalue weighted by Crippen LogP contribution is 2.36. The number of anilines is 1. The summed E-state index contributed by atoms with van der Waals surface area (Å²) in [7, 11) is 3.09. The second-order valence-corrected chi connectivity index (χ2v) is 8.35. The zero-order chi connectivity index (χ0) is 26.2. The van der Waals surface area contributed by atoms with Gasteiger partial charge in [0, 0.05) is 18.6 Å². The highest BCUT2D eigenvalue weighted by Gasteiger charge is 2.14. The average molecular weight is 544 g/mol. The Morgan fingerprint density at radius 1 is 0.892 bits per heavy atom. The Hall–Kier alpha value is -3.95. The van der Waals surface area contributed by atoms with Crippen LogP contribution in [0, 0.1) is 0 Å². The zero-order valence-electron chi connectivity index (χ0n) is 20.0. The minimum Gasteiger partial charge on any atom is -0.493 e. The number of ether oxygens (including phenoxy) is 5. The van der Waals surface area contributed by atoms with Gasteiger partial charge in [-0.1, -0.05) is 35.3 Å². The van der Waals surface area contributed by atoms with Crippen molar-refractivity contribution in [2.75, 3.05) is 32.8 Å². The van der Waals surface area contributed by atoms with Crippen molar-refractivity contribution >= 4 is 45.9 Å². The summed E-state index contributed by atoms with van der Waals surface area (Å²) in [6.07, 6.45) is 1.23. The number of hydrogen-bond acceptors (Lipinski definition) is 8. The molecule has 0 atom stereocenters. The van der Waals surface area contributed by atoms with Crippen LogP contribution in [0.25, 0.3) is 10.9 Å². The summed E-state index contributed by atoms with van der Waals surface area (Å²) in [6, 6.07) is 15.4. The molecule has 9 nitrogen and oxygen atoms in total. The summed E-state index contributed by atoms with van der Waals surface area (Å²) < 4.78 is 27.4. The van der Waals surface area contributed by atoms with Crippen molar-refractivity contribution < 1.29 is 28.5 Å². The molecule has 0 unspecified atom stereocenters. The van der Waals surface area contributed by atoms with E-state index in [0.717, 1.165) is 0 Å². The number of hydrogen-bond donors (Lipinski definition) is 1. The van der Waals surface area contributed by atoms with E-state index in [0.29, 0.717) is 63.5 Å². The average Bonchev–Trinajstić information content (AvgIpc) is 2.90. The molecule has 0 aliphatic carbocycles. The number of methoxy groups -OCH3 is 2. The fourth-order valence-corrected chi connectivity index (χ4v) is 3.73. The van der Waals surface area contributed by atoms with Crippen molar-refractivity contribution in [1.82, 2.24) is 9.97 Å². The molecule has 37 heavy (non-hydrogen) atoms. The van der Waals surface area contributed by atoms with Gasteiger partial charge in [-0.15, -0.1) is 0 Å². The van der Waals surface area contributed by atoms with Gasteiger partial charge in [-0.25, -0.2) is 14.8 Å². The first kappa shape index (κ1) is 26.1. The van der Waals surface area contributed by atoms with Gasteiger partial charge < -0.3 is 23.7 Å². The van der Waals surface area contributed by atoms with Crippen LogP contribution in [0.4, 0.5) is 10.5 Å². The standard InChI is InChI=1S/C26H23Cl2N3O6/c1-33-23-13-17-21(14-24(23)34-2)29-15-30-25(17)37-16-8-9-20(19(28)12-16)31-26(32)36-11-5-10-35-22-7-4-3-6-18(22)27/h3-4,6-9,12-15H,5,10-11H2,1-2H3,(H,31,32). The number of carbonyl (C=O) groups is 1. The van der Waals surface area contributed by atoms with Gasteiger partial charge in [0.2, 0.25) is 5.88 Å². The van der Waals surface area contributed by atoms with E-state index >= 15 is 0 Å². The van der Waals surface area contributed by atoms with Crippen LogP contribution in [0.5, 0.6) is 28.9 Å². The number of aromatic nitrogens is 2. The lowest BCUT2D eigenvalue weighted by molar-refractivity contribution is 0.152. The third kappa shape index (κ3) is 6.63. The van der Waals surface area contributed by atoms with Crippen LogP contribution in [-0.2, 0) is 4.74 Å². The lowest BCUT2D eigenvalue weighted by atomic mass is 10.2. The maximum Gasteiger partial charge on any atom is 0.411 e. The number of amides is 1. The van der Waals surface area contributed by atoms with Gasteiger partial charge in [0.25, 0.3) is 0 Å². The highest BCUT2D eigenvalue weighted by molar-refractivity contribution is 6.33. The van der Waals surface area contributed by atoms with Crippen LogP contribution in [-0.4, -0.2) is 43.5 Å². The van der Waals surface area contributed by atoms with Crippen LogP contribution >= 0.6 is 23.2 Å². The topological polar surface area (TPSA) is 101 Å². The summed E-state index contributed by atoms with van der Waals surface area (Å²) in [5, 5.41) is 4.02. The predicted molar refractivity (Wildman–Crippen MR) is 141 cm³/mol. The molecule has 4 aromatic rings. The minimum atomic E-state index is -0.642. The van der Waals surface area contributed by atoms with E-state index in [1.807, 2.05) is 12.1 Å². The molecule has 1 heterocycles. The molecular formula is C26H23Cl2N3O6. The Bertz CT molecular complexity index is 1400. The Kier molecular flexibility index (Phi) is 8.71. The molecule has 0 saturated carbocycles. The van der Waals surface area contributed by atoms with Crippen LogP contribution in [0.2, 0.25) is 10.0 Å². The predicted octanol–water partition coefficient (Wildman–Crippen LogP) is 6.76. The van der Waals surface area contributed by atoms with E-state index < -0.39 is 6.09 Å². The van der Waals surface area contributed by atoms with Crippen molar-refractivity contribution in [3.05, 3.63) is 71.0 Å². The smallest absolute Gasteiger partial charge is 0.411 e. The Morgan fingerprint density at radius 2 is 1.68 bits per heavy atom. The monoisotopic (exact) mass is 543 g/mol. The number of nitrogens with zero attached hydrogens (tertiary/aromatic N) is 2. The maximum atomic E-state index is 12.2. The van der Waals surface area contributed by atoms with Crippen molar-refractivity contribution in [2.24, 2.45) is 0 Å². The number of carbonyl (C=O) groups excluding carboxylic acids is 1. The van der Waals surface area contributed by atoms with Gasteiger partial charge in [-0.05, 0) is 30.3 Å².